The zero-order valence-corrected chi connectivity index (χ0v) is 11.2. The lowest BCUT2D eigenvalue weighted by atomic mass is 10.2. The first-order valence-electron chi connectivity index (χ1n) is 5.29. The molecular formula is C12H9BrN2O4. The van der Waals surface area contributed by atoms with E-state index in [0.717, 1.165) is 10.0 Å². The fourth-order valence-corrected chi connectivity index (χ4v) is 2.03. The van der Waals surface area contributed by atoms with Crippen LogP contribution in [0.3, 0.4) is 0 Å². The molecule has 2 N–H and O–H groups in total. The summed E-state index contributed by atoms with van der Waals surface area (Å²) in [4.78, 5) is 34.5. The highest BCUT2D eigenvalue weighted by atomic mass is 79.9. The van der Waals surface area contributed by atoms with Gasteiger partial charge in [-0.15, -0.1) is 0 Å². The van der Waals surface area contributed by atoms with E-state index in [-0.39, 0.29) is 5.70 Å². The largest absolute Gasteiger partial charge is 0.480 e. The molecule has 0 unspecified atom stereocenters. The SMILES string of the molecule is O=C(O)CN1C(=O)N/C(=C/c2cccc(Br)c2)C1=O. The minimum Gasteiger partial charge on any atom is -0.480 e. The third kappa shape index (κ3) is 3.00. The summed E-state index contributed by atoms with van der Waals surface area (Å²) in [6, 6.07) is 6.41. The Labute approximate surface area is 116 Å². The van der Waals surface area contributed by atoms with Crippen molar-refractivity contribution in [1.82, 2.24) is 10.2 Å². The normalized spacial score (nSPS) is 16.9. The van der Waals surface area contributed by atoms with Gasteiger partial charge in [0.1, 0.15) is 12.2 Å². The van der Waals surface area contributed by atoms with Crippen molar-refractivity contribution >= 4 is 39.9 Å². The Morgan fingerprint density at radius 1 is 1.42 bits per heavy atom. The average molecular weight is 325 g/mol. The van der Waals surface area contributed by atoms with E-state index in [1.54, 1.807) is 18.2 Å². The summed E-state index contributed by atoms with van der Waals surface area (Å²) in [5.41, 5.74) is 0.777. The number of hydrogen-bond donors (Lipinski definition) is 2. The van der Waals surface area contributed by atoms with Crippen molar-refractivity contribution in [2.45, 2.75) is 0 Å². The number of urea groups is 1. The summed E-state index contributed by atoms with van der Waals surface area (Å²) in [6.07, 6.45) is 1.49. The summed E-state index contributed by atoms with van der Waals surface area (Å²) >= 11 is 3.29. The number of carbonyl (C=O) groups is 3. The van der Waals surface area contributed by atoms with E-state index in [2.05, 4.69) is 21.2 Å². The molecule has 98 valence electrons. The third-order valence-electron chi connectivity index (χ3n) is 2.42. The first-order valence-corrected chi connectivity index (χ1v) is 6.08. The molecule has 2 rings (SSSR count). The van der Waals surface area contributed by atoms with Crippen molar-refractivity contribution in [2.75, 3.05) is 6.54 Å². The molecule has 3 amide bonds. The lowest BCUT2D eigenvalue weighted by Crippen LogP contribution is -2.35. The van der Waals surface area contributed by atoms with Gasteiger partial charge in [0.2, 0.25) is 0 Å². The van der Waals surface area contributed by atoms with E-state index in [1.807, 2.05) is 6.07 Å². The van der Waals surface area contributed by atoms with E-state index in [4.69, 9.17) is 5.11 Å². The Kier molecular flexibility index (Phi) is 3.66. The molecule has 1 fully saturated rings. The van der Waals surface area contributed by atoms with Crippen LogP contribution in [0.1, 0.15) is 5.56 Å². The predicted molar refractivity (Wildman–Crippen MR) is 70.0 cm³/mol. The minimum absolute atomic E-state index is 0.0596. The number of amides is 3. The topological polar surface area (TPSA) is 86.7 Å². The Morgan fingerprint density at radius 3 is 2.79 bits per heavy atom. The van der Waals surface area contributed by atoms with Crippen LogP contribution in [0, 0.1) is 0 Å². The van der Waals surface area contributed by atoms with Crippen molar-refractivity contribution < 1.29 is 19.5 Å². The van der Waals surface area contributed by atoms with Gasteiger partial charge in [-0.1, -0.05) is 28.1 Å². The van der Waals surface area contributed by atoms with Crippen LogP contribution < -0.4 is 5.32 Å². The van der Waals surface area contributed by atoms with E-state index < -0.39 is 24.5 Å². The molecule has 0 bridgehead atoms. The van der Waals surface area contributed by atoms with Crippen LogP contribution >= 0.6 is 15.9 Å². The highest BCUT2D eigenvalue weighted by Gasteiger charge is 2.34. The molecule has 19 heavy (non-hydrogen) atoms. The molecule has 1 aliphatic rings. The lowest BCUT2D eigenvalue weighted by Gasteiger charge is -2.06. The molecule has 6 nitrogen and oxygen atoms in total. The molecule has 1 heterocycles. The number of aliphatic carboxylic acids is 1. The van der Waals surface area contributed by atoms with Crippen LogP contribution in [0.5, 0.6) is 0 Å². The summed E-state index contributed by atoms with van der Waals surface area (Å²) in [5, 5.41) is 11.0. The number of carboxylic acids is 1. The van der Waals surface area contributed by atoms with Gasteiger partial charge in [-0.05, 0) is 23.8 Å². The first kappa shape index (κ1) is 13.3. The number of halogens is 1. The van der Waals surface area contributed by atoms with Crippen molar-refractivity contribution in [2.24, 2.45) is 0 Å². The third-order valence-corrected chi connectivity index (χ3v) is 2.91. The fourth-order valence-electron chi connectivity index (χ4n) is 1.61. The Morgan fingerprint density at radius 2 is 2.16 bits per heavy atom. The smallest absolute Gasteiger partial charge is 0.329 e. The van der Waals surface area contributed by atoms with Gasteiger partial charge in [-0.2, -0.15) is 0 Å². The Bertz CT molecular complexity index is 597. The molecule has 0 aliphatic carbocycles. The van der Waals surface area contributed by atoms with Crippen LogP contribution in [0.15, 0.2) is 34.4 Å². The number of benzene rings is 1. The van der Waals surface area contributed by atoms with Crippen LogP contribution in [0.25, 0.3) is 6.08 Å². The molecular weight excluding hydrogens is 316 g/mol. The van der Waals surface area contributed by atoms with Gasteiger partial charge in [-0.25, -0.2) is 9.69 Å². The van der Waals surface area contributed by atoms with Gasteiger partial charge < -0.3 is 10.4 Å². The maximum absolute atomic E-state index is 11.8. The standard InChI is InChI=1S/C12H9BrN2O4/c13-8-3-1-2-7(4-8)5-9-11(18)15(6-10(16)17)12(19)14-9/h1-5H,6H2,(H,14,19)(H,16,17)/b9-5+. The molecule has 1 aliphatic heterocycles. The van der Waals surface area contributed by atoms with Crippen molar-refractivity contribution in [3.05, 3.63) is 40.0 Å². The van der Waals surface area contributed by atoms with Gasteiger partial charge in [0.15, 0.2) is 0 Å². The number of imide groups is 1. The second-order valence-corrected chi connectivity index (χ2v) is 4.74. The number of hydrogen-bond acceptors (Lipinski definition) is 3. The maximum atomic E-state index is 11.8. The highest BCUT2D eigenvalue weighted by Crippen LogP contribution is 2.17. The Balaban J connectivity index is 2.25. The second kappa shape index (κ2) is 5.23. The van der Waals surface area contributed by atoms with Crippen LogP contribution in [-0.2, 0) is 9.59 Å². The highest BCUT2D eigenvalue weighted by molar-refractivity contribution is 9.10. The number of carboxylic acid groups (broad SMARTS) is 1. The quantitative estimate of drug-likeness (QED) is 0.650. The van der Waals surface area contributed by atoms with Crippen LogP contribution in [0.2, 0.25) is 0 Å². The molecule has 1 aromatic carbocycles. The van der Waals surface area contributed by atoms with Gasteiger partial charge in [0.05, 0.1) is 0 Å². The molecule has 0 spiro atoms. The summed E-state index contributed by atoms with van der Waals surface area (Å²) < 4.78 is 0.834. The average Bonchev–Trinajstić information content (AvgIpc) is 2.57. The maximum Gasteiger partial charge on any atom is 0.329 e. The summed E-state index contributed by atoms with van der Waals surface area (Å²) in [7, 11) is 0. The van der Waals surface area contributed by atoms with E-state index >= 15 is 0 Å². The molecule has 0 aromatic heterocycles. The molecule has 0 atom stereocenters. The molecule has 1 saturated heterocycles. The van der Waals surface area contributed by atoms with Crippen LogP contribution in [0.4, 0.5) is 4.79 Å². The number of carbonyl (C=O) groups excluding carboxylic acids is 2. The van der Waals surface area contributed by atoms with E-state index in [0.29, 0.717) is 4.90 Å². The minimum atomic E-state index is -1.24. The molecule has 0 saturated carbocycles. The van der Waals surface area contributed by atoms with E-state index in [9.17, 15) is 14.4 Å². The number of nitrogens with zero attached hydrogens (tertiary/aromatic N) is 1. The number of nitrogens with one attached hydrogen (secondary N) is 1. The first-order chi connectivity index (χ1) is 8.97. The van der Waals surface area contributed by atoms with Gasteiger partial charge >= 0.3 is 12.0 Å². The van der Waals surface area contributed by atoms with Gasteiger partial charge in [-0.3, -0.25) is 9.59 Å². The van der Waals surface area contributed by atoms with Gasteiger partial charge in [0, 0.05) is 4.47 Å². The molecule has 1 aromatic rings. The second-order valence-electron chi connectivity index (χ2n) is 3.83. The van der Waals surface area contributed by atoms with Crippen molar-refractivity contribution in [3.63, 3.8) is 0 Å². The summed E-state index contributed by atoms with van der Waals surface area (Å²) in [5.74, 6) is -1.89. The van der Waals surface area contributed by atoms with Crippen molar-refractivity contribution in [3.8, 4) is 0 Å². The predicted octanol–water partition coefficient (Wildman–Crippen LogP) is 1.43. The monoisotopic (exact) mass is 324 g/mol. The zero-order chi connectivity index (χ0) is 14.0. The molecule has 7 heteroatoms. The summed E-state index contributed by atoms with van der Waals surface area (Å²) in [6.45, 7) is -0.652. The fraction of sp³-hybridized carbons (Fsp3) is 0.0833. The Hall–Kier alpha value is -2.15. The van der Waals surface area contributed by atoms with Crippen molar-refractivity contribution in [1.29, 1.82) is 0 Å². The lowest BCUT2D eigenvalue weighted by molar-refractivity contribution is -0.140. The number of rotatable bonds is 3. The molecule has 0 radical (unpaired) electrons. The van der Waals surface area contributed by atoms with Crippen LogP contribution in [-0.4, -0.2) is 34.5 Å². The van der Waals surface area contributed by atoms with E-state index in [1.165, 1.54) is 6.08 Å². The van der Waals surface area contributed by atoms with Gasteiger partial charge in [0.25, 0.3) is 5.91 Å². The zero-order valence-electron chi connectivity index (χ0n) is 9.59.